The molecule has 0 saturated heterocycles. The molecule has 8 heteroatoms. The van der Waals surface area contributed by atoms with Gasteiger partial charge in [0.1, 0.15) is 0 Å². The van der Waals surface area contributed by atoms with E-state index in [1.54, 1.807) is 24.3 Å². The molecule has 1 aliphatic heterocycles. The van der Waals surface area contributed by atoms with Crippen LogP contribution in [0.5, 0.6) is 0 Å². The minimum atomic E-state index is -4.72. The molecule has 0 amide bonds. The second-order valence-corrected chi connectivity index (χ2v) is 5.03. The van der Waals surface area contributed by atoms with Crippen molar-refractivity contribution in [1.82, 2.24) is 0 Å². The Hall–Kier alpha value is -1.12. The van der Waals surface area contributed by atoms with Gasteiger partial charge in [0.05, 0.1) is 12.1 Å². The predicted octanol–water partition coefficient (Wildman–Crippen LogP) is 3.45. The molecule has 0 aliphatic carbocycles. The lowest BCUT2D eigenvalue weighted by atomic mass is 10.0. The van der Waals surface area contributed by atoms with Gasteiger partial charge in [0.2, 0.25) is 0 Å². The third-order valence-corrected chi connectivity index (χ3v) is 3.25. The second kappa shape index (κ2) is 5.71. The average molecular weight is 354 g/mol. The number of halogens is 4. The molecule has 0 bridgehead atoms. The first kappa shape index (κ1) is 15.3. The van der Waals surface area contributed by atoms with E-state index < -0.39 is 25.2 Å². The van der Waals surface area contributed by atoms with Crippen molar-refractivity contribution in [3.8, 4) is 0 Å². The number of rotatable bonds is 4. The zero-order valence-corrected chi connectivity index (χ0v) is 12.0. The Labute approximate surface area is 121 Å². The normalized spacial score (nSPS) is 22.6. The van der Waals surface area contributed by atoms with E-state index in [1.807, 2.05) is 0 Å². The SMILES string of the molecule is COCOC1(C(F)(F)F)CC(c2ccc(Br)cc2)=NO1. The van der Waals surface area contributed by atoms with Crippen LogP contribution in [-0.4, -0.2) is 31.6 Å². The minimum absolute atomic E-state index is 0.172. The molecule has 1 aromatic carbocycles. The summed E-state index contributed by atoms with van der Waals surface area (Å²) >= 11 is 3.25. The van der Waals surface area contributed by atoms with Gasteiger partial charge < -0.3 is 14.3 Å². The summed E-state index contributed by atoms with van der Waals surface area (Å²) in [4.78, 5) is 4.55. The van der Waals surface area contributed by atoms with E-state index in [2.05, 4.69) is 35.4 Å². The molecule has 4 nitrogen and oxygen atoms in total. The van der Waals surface area contributed by atoms with Crippen molar-refractivity contribution in [2.24, 2.45) is 5.16 Å². The van der Waals surface area contributed by atoms with Gasteiger partial charge in [-0.1, -0.05) is 33.2 Å². The van der Waals surface area contributed by atoms with Crippen LogP contribution in [0.1, 0.15) is 12.0 Å². The van der Waals surface area contributed by atoms with E-state index in [4.69, 9.17) is 0 Å². The maximum Gasteiger partial charge on any atom is 0.458 e. The Morgan fingerprint density at radius 2 is 2.00 bits per heavy atom. The predicted molar refractivity (Wildman–Crippen MR) is 68.1 cm³/mol. The Bertz CT molecular complexity index is 504. The molecule has 1 heterocycles. The van der Waals surface area contributed by atoms with Crippen molar-refractivity contribution >= 4 is 21.6 Å². The zero-order valence-electron chi connectivity index (χ0n) is 10.4. The maximum absolute atomic E-state index is 13.1. The largest absolute Gasteiger partial charge is 0.458 e. The molecule has 0 spiro atoms. The summed E-state index contributed by atoms with van der Waals surface area (Å²) in [6, 6.07) is 6.72. The van der Waals surface area contributed by atoms with Gasteiger partial charge in [0, 0.05) is 11.6 Å². The van der Waals surface area contributed by atoms with Crippen LogP contribution in [0.2, 0.25) is 0 Å². The van der Waals surface area contributed by atoms with Crippen molar-refractivity contribution < 1.29 is 27.5 Å². The molecule has 0 radical (unpaired) electrons. The number of benzene rings is 1. The molecule has 0 fully saturated rings. The van der Waals surface area contributed by atoms with Gasteiger partial charge in [-0.25, -0.2) is 0 Å². The van der Waals surface area contributed by atoms with Crippen molar-refractivity contribution in [2.75, 3.05) is 13.9 Å². The Balaban J connectivity index is 2.20. The highest BCUT2D eigenvalue weighted by Crippen LogP contribution is 2.42. The first-order valence-electron chi connectivity index (χ1n) is 5.58. The van der Waals surface area contributed by atoms with Crippen LogP contribution in [0.4, 0.5) is 13.2 Å². The monoisotopic (exact) mass is 353 g/mol. The highest BCUT2D eigenvalue weighted by molar-refractivity contribution is 9.10. The first-order chi connectivity index (χ1) is 9.38. The summed E-state index contributed by atoms with van der Waals surface area (Å²) in [6.45, 7) is -0.539. The third-order valence-electron chi connectivity index (χ3n) is 2.72. The Morgan fingerprint density at radius 1 is 1.35 bits per heavy atom. The Morgan fingerprint density at radius 3 is 2.55 bits per heavy atom. The van der Waals surface area contributed by atoms with Crippen LogP contribution in [-0.2, 0) is 14.3 Å². The lowest BCUT2D eigenvalue weighted by Gasteiger charge is -2.28. The molecule has 0 N–H and O–H groups in total. The fraction of sp³-hybridized carbons (Fsp3) is 0.417. The average Bonchev–Trinajstić information content (AvgIpc) is 2.82. The van der Waals surface area contributed by atoms with Crippen LogP contribution < -0.4 is 0 Å². The van der Waals surface area contributed by atoms with Crippen LogP contribution in [0.3, 0.4) is 0 Å². The van der Waals surface area contributed by atoms with Gasteiger partial charge in [-0.05, 0) is 17.7 Å². The molecule has 0 saturated carbocycles. The standard InChI is InChI=1S/C12H11BrF3NO3/c1-18-7-19-11(12(14,15)16)6-10(17-20-11)8-2-4-9(13)5-3-8/h2-5H,6-7H2,1H3. The van der Waals surface area contributed by atoms with Crippen molar-refractivity contribution in [1.29, 1.82) is 0 Å². The highest BCUT2D eigenvalue weighted by atomic mass is 79.9. The van der Waals surface area contributed by atoms with E-state index in [0.717, 1.165) is 4.47 Å². The van der Waals surface area contributed by atoms with Crippen molar-refractivity contribution in [3.05, 3.63) is 34.3 Å². The molecule has 2 rings (SSSR count). The summed E-state index contributed by atoms with van der Waals surface area (Å²) in [7, 11) is 1.23. The summed E-state index contributed by atoms with van der Waals surface area (Å²) in [5.74, 6) is -2.79. The van der Waals surface area contributed by atoms with E-state index >= 15 is 0 Å². The lowest BCUT2D eigenvalue weighted by molar-refractivity contribution is -0.385. The van der Waals surface area contributed by atoms with Crippen LogP contribution in [0.15, 0.2) is 33.9 Å². The van der Waals surface area contributed by atoms with E-state index in [0.29, 0.717) is 5.56 Å². The fourth-order valence-corrected chi connectivity index (χ4v) is 1.94. The van der Waals surface area contributed by atoms with E-state index in [9.17, 15) is 13.2 Å². The van der Waals surface area contributed by atoms with Crippen LogP contribution in [0, 0.1) is 0 Å². The molecular weight excluding hydrogens is 343 g/mol. The topological polar surface area (TPSA) is 40.0 Å². The van der Waals surface area contributed by atoms with Gasteiger partial charge in [0.15, 0.2) is 6.79 Å². The highest BCUT2D eigenvalue weighted by Gasteiger charge is 2.63. The molecule has 1 unspecified atom stereocenters. The minimum Gasteiger partial charge on any atom is -0.358 e. The summed E-state index contributed by atoms with van der Waals surface area (Å²) in [5.41, 5.74) is 0.714. The maximum atomic E-state index is 13.1. The summed E-state index contributed by atoms with van der Waals surface area (Å²) in [6.07, 6.45) is -5.24. The van der Waals surface area contributed by atoms with Gasteiger partial charge >= 0.3 is 12.0 Å². The molecule has 20 heavy (non-hydrogen) atoms. The smallest absolute Gasteiger partial charge is 0.358 e. The molecule has 110 valence electrons. The number of alkyl halides is 3. The number of hydrogen-bond acceptors (Lipinski definition) is 4. The quantitative estimate of drug-likeness (QED) is 0.778. The Kier molecular flexibility index (Phi) is 4.36. The van der Waals surface area contributed by atoms with Crippen LogP contribution >= 0.6 is 15.9 Å². The fourth-order valence-electron chi connectivity index (χ4n) is 1.68. The second-order valence-electron chi connectivity index (χ2n) is 4.11. The lowest BCUT2D eigenvalue weighted by Crippen LogP contribution is -2.48. The van der Waals surface area contributed by atoms with Gasteiger partial charge in [-0.3, -0.25) is 0 Å². The summed E-state index contributed by atoms with van der Waals surface area (Å²) < 4.78 is 49.3. The number of ether oxygens (including phenoxy) is 2. The zero-order chi connectivity index (χ0) is 14.8. The third kappa shape index (κ3) is 2.97. The molecule has 1 aromatic rings. The van der Waals surface area contributed by atoms with Crippen molar-refractivity contribution in [2.45, 2.75) is 18.4 Å². The molecule has 1 aliphatic rings. The summed E-state index contributed by atoms with van der Waals surface area (Å²) in [5, 5.41) is 3.51. The number of methoxy groups -OCH3 is 1. The van der Waals surface area contributed by atoms with Gasteiger partial charge in [0.25, 0.3) is 0 Å². The van der Waals surface area contributed by atoms with E-state index in [-0.39, 0.29) is 5.71 Å². The molecule has 1 atom stereocenters. The number of hydrogen-bond donors (Lipinski definition) is 0. The van der Waals surface area contributed by atoms with Crippen molar-refractivity contribution in [3.63, 3.8) is 0 Å². The number of nitrogens with zero attached hydrogens (tertiary/aromatic N) is 1. The number of oxime groups is 1. The molecular formula is C12H11BrF3NO3. The molecule has 0 aromatic heterocycles. The first-order valence-corrected chi connectivity index (χ1v) is 6.38. The van der Waals surface area contributed by atoms with Gasteiger partial charge in [-0.2, -0.15) is 13.2 Å². The van der Waals surface area contributed by atoms with Crippen LogP contribution in [0.25, 0.3) is 0 Å². The van der Waals surface area contributed by atoms with E-state index in [1.165, 1.54) is 7.11 Å². The van der Waals surface area contributed by atoms with Gasteiger partial charge in [-0.15, -0.1) is 0 Å².